The molecular weight excluding hydrogens is 296 g/mol. The Morgan fingerprint density at radius 3 is 2.91 bits per heavy atom. The van der Waals surface area contributed by atoms with Gasteiger partial charge in [-0.25, -0.2) is 0 Å². The SMILES string of the molecule is O=C(C=Cc1ccc(C2OCCO2)o1)NCCc1ccccn1. The molecule has 3 heterocycles. The highest BCUT2D eigenvalue weighted by molar-refractivity contribution is 5.91. The van der Waals surface area contributed by atoms with Crippen molar-refractivity contribution in [2.24, 2.45) is 0 Å². The van der Waals surface area contributed by atoms with Gasteiger partial charge in [-0.1, -0.05) is 6.07 Å². The lowest BCUT2D eigenvalue weighted by atomic mass is 10.3. The summed E-state index contributed by atoms with van der Waals surface area (Å²) in [6.45, 7) is 1.66. The molecule has 0 atom stereocenters. The van der Waals surface area contributed by atoms with Gasteiger partial charge < -0.3 is 19.2 Å². The first-order valence-electron chi connectivity index (χ1n) is 7.50. The summed E-state index contributed by atoms with van der Waals surface area (Å²) in [5.41, 5.74) is 0.948. The topological polar surface area (TPSA) is 73.6 Å². The molecule has 1 amide bonds. The molecule has 1 saturated heterocycles. The summed E-state index contributed by atoms with van der Waals surface area (Å²) in [5, 5.41) is 2.81. The molecule has 0 radical (unpaired) electrons. The van der Waals surface area contributed by atoms with Crippen molar-refractivity contribution in [3.8, 4) is 0 Å². The van der Waals surface area contributed by atoms with Crippen LogP contribution in [-0.4, -0.2) is 30.6 Å². The maximum atomic E-state index is 11.8. The smallest absolute Gasteiger partial charge is 0.244 e. The Morgan fingerprint density at radius 2 is 2.13 bits per heavy atom. The van der Waals surface area contributed by atoms with Crippen LogP contribution in [0.4, 0.5) is 0 Å². The number of furan rings is 1. The average Bonchev–Trinajstić information content (AvgIpc) is 3.25. The molecule has 1 aliphatic rings. The van der Waals surface area contributed by atoms with Gasteiger partial charge in [-0.3, -0.25) is 9.78 Å². The average molecular weight is 314 g/mol. The number of amides is 1. The van der Waals surface area contributed by atoms with Crippen molar-refractivity contribution in [3.63, 3.8) is 0 Å². The number of aromatic nitrogens is 1. The molecule has 0 bridgehead atoms. The number of carbonyl (C=O) groups excluding carboxylic acids is 1. The van der Waals surface area contributed by atoms with Gasteiger partial charge in [0.15, 0.2) is 5.76 Å². The van der Waals surface area contributed by atoms with Crippen molar-refractivity contribution in [1.82, 2.24) is 10.3 Å². The van der Waals surface area contributed by atoms with Gasteiger partial charge in [0, 0.05) is 30.9 Å². The zero-order chi connectivity index (χ0) is 15.9. The van der Waals surface area contributed by atoms with Crippen LogP contribution in [-0.2, 0) is 20.7 Å². The van der Waals surface area contributed by atoms with Crippen LogP contribution in [0.15, 0.2) is 47.0 Å². The van der Waals surface area contributed by atoms with Gasteiger partial charge in [-0.2, -0.15) is 0 Å². The van der Waals surface area contributed by atoms with E-state index in [1.807, 2.05) is 18.2 Å². The second-order valence-corrected chi connectivity index (χ2v) is 5.01. The molecule has 0 aromatic carbocycles. The number of nitrogens with one attached hydrogen (secondary N) is 1. The Bertz CT molecular complexity index is 660. The molecule has 1 N–H and O–H groups in total. The Hall–Kier alpha value is -2.44. The largest absolute Gasteiger partial charge is 0.456 e. The summed E-state index contributed by atoms with van der Waals surface area (Å²) >= 11 is 0. The molecule has 120 valence electrons. The maximum absolute atomic E-state index is 11.8. The third-order valence-corrected chi connectivity index (χ3v) is 3.31. The van der Waals surface area contributed by atoms with Gasteiger partial charge in [0.2, 0.25) is 12.2 Å². The van der Waals surface area contributed by atoms with Gasteiger partial charge in [-0.15, -0.1) is 0 Å². The minimum absolute atomic E-state index is 0.174. The standard InChI is InChI=1S/C17H18N2O4/c20-16(19-10-8-13-3-1-2-9-18-13)7-5-14-4-6-15(23-14)17-21-11-12-22-17/h1-7,9,17H,8,10-12H2,(H,19,20). The lowest BCUT2D eigenvalue weighted by Gasteiger charge is -2.03. The van der Waals surface area contributed by atoms with Crippen LogP contribution < -0.4 is 5.32 Å². The van der Waals surface area contributed by atoms with Crippen LogP contribution >= 0.6 is 0 Å². The van der Waals surface area contributed by atoms with Crippen LogP contribution in [0.25, 0.3) is 6.08 Å². The first-order chi connectivity index (χ1) is 11.3. The molecule has 0 spiro atoms. The fourth-order valence-corrected chi connectivity index (χ4v) is 2.18. The molecule has 23 heavy (non-hydrogen) atoms. The van der Waals surface area contributed by atoms with E-state index in [9.17, 15) is 4.79 Å². The van der Waals surface area contributed by atoms with E-state index in [2.05, 4.69) is 10.3 Å². The number of hydrogen-bond donors (Lipinski definition) is 1. The lowest BCUT2D eigenvalue weighted by molar-refractivity contribution is -0.116. The number of ether oxygens (including phenoxy) is 2. The normalized spacial score (nSPS) is 15.3. The molecule has 2 aromatic heterocycles. The minimum Gasteiger partial charge on any atom is -0.456 e. The number of carbonyl (C=O) groups is 1. The van der Waals surface area contributed by atoms with Gasteiger partial charge >= 0.3 is 0 Å². The van der Waals surface area contributed by atoms with Gasteiger partial charge in [0.1, 0.15) is 5.76 Å². The monoisotopic (exact) mass is 314 g/mol. The van der Waals surface area contributed by atoms with Gasteiger partial charge in [0.25, 0.3) is 0 Å². The molecule has 3 rings (SSSR count). The lowest BCUT2D eigenvalue weighted by Crippen LogP contribution is -2.23. The molecule has 1 aliphatic heterocycles. The van der Waals surface area contributed by atoms with Gasteiger partial charge in [0.05, 0.1) is 13.2 Å². The predicted octanol–water partition coefficient (Wildman–Crippen LogP) is 2.09. The molecule has 0 saturated carbocycles. The number of nitrogens with zero attached hydrogens (tertiary/aromatic N) is 1. The Labute approximate surface area is 134 Å². The predicted molar refractivity (Wildman–Crippen MR) is 83.3 cm³/mol. The summed E-state index contributed by atoms with van der Waals surface area (Å²) in [6, 6.07) is 9.28. The zero-order valence-corrected chi connectivity index (χ0v) is 12.6. The van der Waals surface area contributed by atoms with E-state index in [0.717, 1.165) is 5.69 Å². The summed E-state index contributed by atoms with van der Waals surface area (Å²) in [4.78, 5) is 16.0. The zero-order valence-electron chi connectivity index (χ0n) is 12.6. The van der Waals surface area contributed by atoms with E-state index in [1.165, 1.54) is 6.08 Å². The highest BCUT2D eigenvalue weighted by Gasteiger charge is 2.21. The van der Waals surface area contributed by atoms with Crippen molar-refractivity contribution < 1.29 is 18.7 Å². The molecule has 2 aromatic rings. The summed E-state index contributed by atoms with van der Waals surface area (Å²) in [7, 11) is 0. The highest BCUT2D eigenvalue weighted by Crippen LogP contribution is 2.25. The van der Waals surface area contributed by atoms with Crippen molar-refractivity contribution in [2.75, 3.05) is 19.8 Å². The maximum Gasteiger partial charge on any atom is 0.244 e. The first kappa shape index (κ1) is 15.5. The van der Waals surface area contributed by atoms with Crippen LogP contribution in [0, 0.1) is 0 Å². The number of rotatable bonds is 6. The van der Waals surface area contributed by atoms with E-state index in [1.54, 1.807) is 24.4 Å². The minimum atomic E-state index is -0.440. The Balaban J connectivity index is 1.44. The Kier molecular flexibility index (Phi) is 5.18. The fraction of sp³-hybridized carbons (Fsp3) is 0.294. The quantitative estimate of drug-likeness (QED) is 0.827. The van der Waals surface area contributed by atoms with Crippen molar-refractivity contribution >= 4 is 12.0 Å². The molecule has 0 aliphatic carbocycles. The summed E-state index contributed by atoms with van der Waals surface area (Å²) in [6.07, 6.45) is 5.06. The van der Waals surface area contributed by atoms with Crippen molar-refractivity contribution in [3.05, 3.63) is 59.8 Å². The van der Waals surface area contributed by atoms with E-state index in [4.69, 9.17) is 13.9 Å². The van der Waals surface area contributed by atoms with Crippen molar-refractivity contribution in [1.29, 1.82) is 0 Å². The highest BCUT2D eigenvalue weighted by atomic mass is 16.7. The van der Waals surface area contributed by atoms with Crippen LogP contribution in [0.1, 0.15) is 23.5 Å². The van der Waals surface area contributed by atoms with Gasteiger partial charge in [-0.05, 0) is 30.3 Å². The fourth-order valence-electron chi connectivity index (χ4n) is 2.18. The van der Waals surface area contributed by atoms with E-state index in [0.29, 0.717) is 37.7 Å². The molecule has 1 fully saturated rings. The second kappa shape index (κ2) is 7.71. The Morgan fingerprint density at radius 1 is 1.26 bits per heavy atom. The van der Waals surface area contributed by atoms with E-state index >= 15 is 0 Å². The number of pyridine rings is 1. The van der Waals surface area contributed by atoms with E-state index < -0.39 is 6.29 Å². The molecular formula is C17H18N2O4. The summed E-state index contributed by atoms with van der Waals surface area (Å²) < 4.78 is 16.3. The molecule has 0 unspecified atom stereocenters. The van der Waals surface area contributed by atoms with Crippen molar-refractivity contribution in [2.45, 2.75) is 12.7 Å². The van der Waals surface area contributed by atoms with Crippen LogP contribution in [0.3, 0.4) is 0 Å². The van der Waals surface area contributed by atoms with Crippen LogP contribution in [0.2, 0.25) is 0 Å². The third kappa shape index (κ3) is 4.51. The second-order valence-electron chi connectivity index (χ2n) is 5.01. The molecule has 6 nitrogen and oxygen atoms in total. The third-order valence-electron chi connectivity index (χ3n) is 3.31. The first-order valence-corrected chi connectivity index (χ1v) is 7.50. The van der Waals surface area contributed by atoms with E-state index in [-0.39, 0.29) is 5.91 Å². The number of hydrogen-bond acceptors (Lipinski definition) is 5. The van der Waals surface area contributed by atoms with Crippen LogP contribution in [0.5, 0.6) is 0 Å². The summed E-state index contributed by atoms with van der Waals surface area (Å²) in [5.74, 6) is 1.02. The molecule has 6 heteroatoms.